The van der Waals surface area contributed by atoms with Crippen LogP contribution in [0, 0.1) is 5.92 Å². The van der Waals surface area contributed by atoms with Crippen LogP contribution in [0.5, 0.6) is 0 Å². The summed E-state index contributed by atoms with van der Waals surface area (Å²) in [7, 11) is 0. The lowest BCUT2D eigenvalue weighted by molar-refractivity contribution is 0.0971. The molecule has 0 aromatic carbocycles. The summed E-state index contributed by atoms with van der Waals surface area (Å²) in [4.78, 5) is 4.27. The average molecular weight is 253 g/mol. The zero-order chi connectivity index (χ0) is 12.6. The van der Waals surface area contributed by atoms with Gasteiger partial charge in [-0.3, -0.25) is 0 Å². The van der Waals surface area contributed by atoms with Crippen molar-refractivity contribution in [3.8, 4) is 0 Å². The summed E-state index contributed by atoms with van der Waals surface area (Å²) in [5, 5.41) is 7.31. The zero-order valence-electron chi connectivity index (χ0n) is 11.2. The first-order valence-electron chi connectivity index (χ1n) is 6.98. The van der Waals surface area contributed by atoms with E-state index in [1.165, 1.54) is 19.4 Å². The third kappa shape index (κ3) is 4.38. The fraction of sp³-hybridized carbons (Fsp3) is 0.846. The zero-order valence-corrected chi connectivity index (χ0v) is 11.2. The molecule has 1 aliphatic heterocycles. The maximum absolute atomic E-state index is 5.60. The number of hydrogen-bond acceptors (Lipinski definition) is 5. The smallest absolute Gasteiger partial charge is 0.226 e. The SMILES string of the molecule is CCCc1nc(COCCC2CCCNC2)no1. The number of aromatic nitrogens is 2. The molecule has 18 heavy (non-hydrogen) atoms. The van der Waals surface area contributed by atoms with Crippen molar-refractivity contribution in [1.82, 2.24) is 15.5 Å². The second-order valence-corrected chi connectivity index (χ2v) is 4.91. The third-order valence-corrected chi connectivity index (χ3v) is 3.27. The van der Waals surface area contributed by atoms with Crippen molar-refractivity contribution in [2.24, 2.45) is 5.92 Å². The van der Waals surface area contributed by atoms with Crippen molar-refractivity contribution in [2.75, 3.05) is 19.7 Å². The van der Waals surface area contributed by atoms with Crippen LogP contribution in [0.25, 0.3) is 0 Å². The van der Waals surface area contributed by atoms with E-state index in [4.69, 9.17) is 9.26 Å². The Balaban J connectivity index is 1.59. The lowest BCUT2D eigenvalue weighted by Crippen LogP contribution is -2.30. The van der Waals surface area contributed by atoms with Crippen molar-refractivity contribution < 1.29 is 9.26 Å². The first kappa shape index (κ1) is 13.5. The fourth-order valence-electron chi connectivity index (χ4n) is 2.25. The third-order valence-electron chi connectivity index (χ3n) is 3.27. The molecule has 102 valence electrons. The van der Waals surface area contributed by atoms with Gasteiger partial charge in [-0.25, -0.2) is 0 Å². The highest BCUT2D eigenvalue weighted by molar-refractivity contribution is 4.84. The van der Waals surface area contributed by atoms with Crippen LogP contribution in [0.1, 0.15) is 44.3 Å². The molecule has 0 radical (unpaired) electrons. The number of nitrogens with zero attached hydrogens (tertiary/aromatic N) is 2. The molecule has 0 spiro atoms. The summed E-state index contributed by atoms with van der Waals surface area (Å²) < 4.78 is 10.7. The first-order valence-corrected chi connectivity index (χ1v) is 6.98. The van der Waals surface area contributed by atoms with E-state index in [9.17, 15) is 0 Å². The number of hydrogen-bond donors (Lipinski definition) is 1. The van der Waals surface area contributed by atoms with Gasteiger partial charge in [0.2, 0.25) is 5.89 Å². The summed E-state index contributed by atoms with van der Waals surface area (Å²) in [5.41, 5.74) is 0. The number of nitrogens with one attached hydrogen (secondary N) is 1. The predicted molar refractivity (Wildman–Crippen MR) is 68.2 cm³/mol. The molecule has 2 heterocycles. The van der Waals surface area contributed by atoms with E-state index in [1.54, 1.807) is 0 Å². The van der Waals surface area contributed by atoms with Crippen molar-refractivity contribution in [3.63, 3.8) is 0 Å². The highest BCUT2D eigenvalue weighted by Crippen LogP contribution is 2.14. The minimum Gasteiger partial charge on any atom is -0.373 e. The summed E-state index contributed by atoms with van der Waals surface area (Å²) >= 11 is 0. The van der Waals surface area contributed by atoms with E-state index in [1.807, 2.05) is 0 Å². The molecule has 1 atom stereocenters. The van der Waals surface area contributed by atoms with Gasteiger partial charge < -0.3 is 14.6 Å². The molecule has 0 saturated carbocycles. The summed E-state index contributed by atoms with van der Waals surface area (Å²) in [5.74, 6) is 2.15. The minimum atomic E-state index is 0.466. The number of rotatable bonds is 7. The van der Waals surface area contributed by atoms with Gasteiger partial charge >= 0.3 is 0 Å². The molecule has 1 saturated heterocycles. The monoisotopic (exact) mass is 253 g/mol. The van der Waals surface area contributed by atoms with Crippen LogP contribution >= 0.6 is 0 Å². The molecule has 0 amide bonds. The van der Waals surface area contributed by atoms with Crippen molar-refractivity contribution in [1.29, 1.82) is 0 Å². The Hall–Kier alpha value is -0.940. The molecule has 1 aromatic heterocycles. The molecule has 1 aliphatic rings. The topological polar surface area (TPSA) is 60.2 Å². The number of ether oxygens (including phenoxy) is 1. The Bertz CT molecular complexity index is 335. The second kappa shape index (κ2) is 7.48. The van der Waals surface area contributed by atoms with Gasteiger partial charge in [-0.05, 0) is 44.7 Å². The molecule has 1 fully saturated rings. The van der Waals surface area contributed by atoms with E-state index in [0.717, 1.165) is 38.3 Å². The van der Waals surface area contributed by atoms with Gasteiger partial charge in [0.1, 0.15) is 6.61 Å². The Kier molecular flexibility index (Phi) is 5.61. The Morgan fingerprint density at radius 1 is 1.50 bits per heavy atom. The average Bonchev–Trinajstić information content (AvgIpc) is 2.84. The predicted octanol–water partition coefficient (Wildman–Crippen LogP) is 1.93. The highest BCUT2D eigenvalue weighted by Gasteiger charge is 2.12. The van der Waals surface area contributed by atoms with Gasteiger partial charge in [-0.2, -0.15) is 4.98 Å². The van der Waals surface area contributed by atoms with Gasteiger partial charge in [0.25, 0.3) is 0 Å². The maximum atomic E-state index is 5.60. The van der Waals surface area contributed by atoms with Gasteiger partial charge in [-0.1, -0.05) is 12.1 Å². The van der Waals surface area contributed by atoms with Crippen LogP contribution in [0.4, 0.5) is 0 Å². The Morgan fingerprint density at radius 2 is 2.44 bits per heavy atom. The first-order chi connectivity index (χ1) is 8.88. The van der Waals surface area contributed by atoms with Crippen LogP contribution in [-0.4, -0.2) is 29.8 Å². The highest BCUT2D eigenvalue weighted by atomic mass is 16.5. The molecule has 0 bridgehead atoms. The van der Waals surface area contributed by atoms with Crippen LogP contribution in [0.2, 0.25) is 0 Å². The van der Waals surface area contributed by atoms with E-state index >= 15 is 0 Å². The lowest BCUT2D eigenvalue weighted by atomic mass is 9.97. The normalized spacial score (nSPS) is 20.2. The van der Waals surface area contributed by atoms with Crippen LogP contribution in [0.15, 0.2) is 4.52 Å². The van der Waals surface area contributed by atoms with Crippen LogP contribution in [-0.2, 0) is 17.8 Å². The maximum Gasteiger partial charge on any atom is 0.226 e. The quantitative estimate of drug-likeness (QED) is 0.752. The molecule has 5 heteroatoms. The number of piperidine rings is 1. The Morgan fingerprint density at radius 3 is 3.22 bits per heavy atom. The van der Waals surface area contributed by atoms with Gasteiger partial charge in [0.15, 0.2) is 5.82 Å². The molecule has 5 nitrogen and oxygen atoms in total. The fourth-order valence-corrected chi connectivity index (χ4v) is 2.25. The largest absolute Gasteiger partial charge is 0.373 e. The van der Waals surface area contributed by atoms with Gasteiger partial charge in [0, 0.05) is 13.0 Å². The molecule has 1 unspecified atom stereocenters. The van der Waals surface area contributed by atoms with E-state index in [-0.39, 0.29) is 0 Å². The second-order valence-electron chi connectivity index (χ2n) is 4.91. The van der Waals surface area contributed by atoms with Gasteiger partial charge in [0.05, 0.1) is 0 Å². The van der Waals surface area contributed by atoms with Crippen molar-refractivity contribution in [3.05, 3.63) is 11.7 Å². The van der Waals surface area contributed by atoms with Crippen molar-refractivity contribution >= 4 is 0 Å². The number of aryl methyl sites for hydroxylation is 1. The van der Waals surface area contributed by atoms with Crippen molar-refractivity contribution in [2.45, 2.75) is 45.6 Å². The Labute approximate surface area is 108 Å². The van der Waals surface area contributed by atoms with Crippen LogP contribution in [0.3, 0.4) is 0 Å². The summed E-state index contributed by atoms with van der Waals surface area (Å²) in [6.07, 6.45) is 5.60. The molecule has 1 N–H and O–H groups in total. The lowest BCUT2D eigenvalue weighted by Gasteiger charge is -2.22. The van der Waals surface area contributed by atoms with E-state index < -0.39 is 0 Å². The molecular weight excluding hydrogens is 230 g/mol. The minimum absolute atomic E-state index is 0.466. The molecule has 2 rings (SSSR count). The van der Waals surface area contributed by atoms with Gasteiger partial charge in [-0.15, -0.1) is 0 Å². The summed E-state index contributed by atoms with van der Waals surface area (Å²) in [6, 6.07) is 0. The summed E-state index contributed by atoms with van der Waals surface area (Å²) in [6.45, 7) is 5.64. The van der Waals surface area contributed by atoms with E-state index in [0.29, 0.717) is 18.3 Å². The molecule has 1 aromatic rings. The molecule has 0 aliphatic carbocycles. The molecular formula is C13H23N3O2. The van der Waals surface area contributed by atoms with Crippen LogP contribution < -0.4 is 5.32 Å². The standard InChI is InChI=1S/C13H23N3O2/c1-2-4-13-15-12(16-18-13)10-17-8-6-11-5-3-7-14-9-11/h11,14H,2-10H2,1H3. The van der Waals surface area contributed by atoms with E-state index in [2.05, 4.69) is 22.4 Å².